The monoisotopic (exact) mass is 326 g/mol. The van der Waals surface area contributed by atoms with Gasteiger partial charge in [0.2, 0.25) is 5.89 Å². The van der Waals surface area contributed by atoms with Crippen molar-refractivity contribution in [3.8, 4) is 11.6 Å². The van der Waals surface area contributed by atoms with Crippen LogP contribution in [0.5, 0.6) is 0 Å². The number of nitrogens with one attached hydrogen (secondary N) is 1. The van der Waals surface area contributed by atoms with E-state index < -0.39 is 11.8 Å². The molecule has 2 amide bonds. The predicted octanol–water partition coefficient (Wildman–Crippen LogP) is 1.30. The lowest BCUT2D eigenvalue weighted by Crippen LogP contribution is -2.18. The number of amides is 2. The Labute approximate surface area is 136 Å². The molecule has 0 saturated carbocycles. The predicted molar refractivity (Wildman–Crippen MR) is 84.1 cm³/mol. The van der Waals surface area contributed by atoms with E-state index in [4.69, 9.17) is 10.2 Å². The summed E-state index contributed by atoms with van der Waals surface area (Å²) in [5.74, 6) is -1.05. The second-order valence-corrected chi connectivity index (χ2v) is 4.82. The molecule has 9 heteroatoms. The molecule has 0 aliphatic carbocycles. The lowest BCUT2D eigenvalue weighted by molar-refractivity contribution is 0.0995. The average molecular weight is 326 g/mol. The summed E-state index contributed by atoms with van der Waals surface area (Å²) in [6, 6.07) is 5.26. The molecule has 0 bridgehead atoms. The number of carbonyl (C=O) groups is 2. The van der Waals surface area contributed by atoms with Gasteiger partial charge in [0.25, 0.3) is 11.8 Å². The van der Waals surface area contributed by atoms with Crippen molar-refractivity contribution < 1.29 is 14.0 Å². The van der Waals surface area contributed by atoms with Crippen LogP contribution in [-0.2, 0) is 6.54 Å². The molecule has 24 heavy (non-hydrogen) atoms. The summed E-state index contributed by atoms with van der Waals surface area (Å²) < 4.78 is 6.76. The number of nitrogens with two attached hydrogens (primary N) is 1. The minimum absolute atomic E-state index is 0.0151. The molecule has 0 fully saturated rings. The van der Waals surface area contributed by atoms with Gasteiger partial charge in [0.1, 0.15) is 12.0 Å². The molecular formula is C15H14N6O3. The Morgan fingerprint density at radius 2 is 2.21 bits per heavy atom. The van der Waals surface area contributed by atoms with Gasteiger partial charge in [-0.05, 0) is 19.1 Å². The number of pyridine rings is 1. The number of rotatable bonds is 5. The number of nitrogens with zero attached hydrogens (tertiary/aromatic N) is 4. The fourth-order valence-electron chi connectivity index (χ4n) is 2.03. The lowest BCUT2D eigenvalue weighted by atomic mass is 10.3. The van der Waals surface area contributed by atoms with Gasteiger partial charge in [-0.3, -0.25) is 19.3 Å². The minimum Gasteiger partial charge on any atom is -0.442 e. The van der Waals surface area contributed by atoms with Gasteiger partial charge in [-0.15, -0.1) is 0 Å². The summed E-state index contributed by atoms with van der Waals surface area (Å²) >= 11 is 0. The minimum atomic E-state index is -0.730. The summed E-state index contributed by atoms with van der Waals surface area (Å²) in [5.41, 5.74) is 6.03. The largest absolute Gasteiger partial charge is 0.442 e. The van der Waals surface area contributed by atoms with E-state index in [9.17, 15) is 9.59 Å². The number of hydrogen-bond donors (Lipinski definition) is 2. The zero-order valence-electron chi connectivity index (χ0n) is 12.8. The molecular weight excluding hydrogens is 312 g/mol. The van der Waals surface area contributed by atoms with Gasteiger partial charge in [-0.1, -0.05) is 6.07 Å². The second-order valence-electron chi connectivity index (χ2n) is 4.82. The van der Waals surface area contributed by atoms with Crippen molar-refractivity contribution in [2.45, 2.75) is 13.5 Å². The Hall–Kier alpha value is -3.49. The molecule has 0 saturated heterocycles. The molecule has 3 aromatic rings. The van der Waals surface area contributed by atoms with Crippen molar-refractivity contribution in [3.63, 3.8) is 0 Å². The van der Waals surface area contributed by atoms with E-state index in [-0.39, 0.29) is 23.0 Å². The molecule has 3 heterocycles. The number of aryl methyl sites for hydroxylation is 1. The van der Waals surface area contributed by atoms with Crippen molar-refractivity contribution in [3.05, 3.63) is 48.2 Å². The molecule has 0 aliphatic heterocycles. The van der Waals surface area contributed by atoms with E-state index in [2.05, 4.69) is 20.4 Å². The smallest absolute Gasteiger partial charge is 0.277 e. The van der Waals surface area contributed by atoms with Crippen molar-refractivity contribution in [2.75, 3.05) is 5.32 Å². The van der Waals surface area contributed by atoms with Gasteiger partial charge in [0, 0.05) is 18.9 Å². The SMILES string of the molecule is CCn1cc(NC(=O)c2coc(-c3ccccn3)n2)c(C(N)=O)n1. The van der Waals surface area contributed by atoms with Gasteiger partial charge in [0.15, 0.2) is 11.4 Å². The molecule has 0 aromatic carbocycles. The lowest BCUT2D eigenvalue weighted by Gasteiger charge is -2.00. The van der Waals surface area contributed by atoms with Gasteiger partial charge < -0.3 is 15.5 Å². The first-order valence-electron chi connectivity index (χ1n) is 7.14. The summed E-state index contributed by atoms with van der Waals surface area (Å²) in [6.45, 7) is 2.38. The topological polar surface area (TPSA) is 129 Å². The Morgan fingerprint density at radius 1 is 1.38 bits per heavy atom. The molecule has 0 atom stereocenters. The molecule has 3 rings (SSSR count). The third-order valence-electron chi connectivity index (χ3n) is 3.19. The number of hydrogen-bond acceptors (Lipinski definition) is 6. The third-order valence-corrected chi connectivity index (χ3v) is 3.19. The fourth-order valence-corrected chi connectivity index (χ4v) is 2.03. The van der Waals surface area contributed by atoms with E-state index in [1.54, 1.807) is 24.4 Å². The number of anilines is 1. The van der Waals surface area contributed by atoms with Crippen LogP contribution in [0.2, 0.25) is 0 Å². The maximum Gasteiger partial charge on any atom is 0.277 e. The first kappa shape index (κ1) is 15.4. The van der Waals surface area contributed by atoms with Crippen molar-refractivity contribution >= 4 is 17.5 Å². The second kappa shape index (κ2) is 6.32. The Bertz CT molecular complexity index is 884. The van der Waals surface area contributed by atoms with Crippen LogP contribution in [0.4, 0.5) is 5.69 Å². The van der Waals surface area contributed by atoms with Gasteiger partial charge in [-0.2, -0.15) is 5.10 Å². The summed E-state index contributed by atoms with van der Waals surface area (Å²) in [4.78, 5) is 31.9. The Morgan fingerprint density at radius 3 is 2.88 bits per heavy atom. The summed E-state index contributed by atoms with van der Waals surface area (Å²) in [7, 11) is 0. The normalized spacial score (nSPS) is 10.5. The van der Waals surface area contributed by atoms with Crippen LogP contribution in [0, 0.1) is 0 Å². The van der Waals surface area contributed by atoms with Crippen LogP contribution in [0.3, 0.4) is 0 Å². The summed E-state index contributed by atoms with van der Waals surface area (Å²) in [5, 5.41) is 6.56. The maximum absolute atomic E-state index is 12.3. The molecule has 3 aromatic heterocycles. The molecule has 122 valence electrons. The van der Waals surface area contributed by atoms with E-state index in [0.29, 0.717) is 12.2 Å². The maximum atomic E-state index is 12.3. The first-order chi connectivity index (χ1) is 11.6. The standard InChI is InChI=1S/C15H14N6O3/c1-2-21-7-10(12(20-21)13(16)22)18-14(23)11-8-24-15(19-11)9-5-3-4-6-17-9/h3-8H,2H2,1H3,(H2,16,22)(H,18,23). The van der Waals surface area contributed by atoms with Gasteiger partial charge in [-0.25, -0.2) is 4.98 Å². The fraction of sp³-hybridized carbons (Fsp3) is 0.133. The highest BCUT2D eigenvalue weighted by molar-refractivity contribution is 6.07. The van der Waals surface area contributed by atoms with Crippen LogP contribution in [0.1, 0.15) is 27.9 Å². The highest BCUT2D eigenvalue weighted by Gasteiger charge is 2.19. The van der Waals surface area contributed by atoms with E-state index in [1.807, 2.05) is 6.92 Å². The highest BCUT2D eigenvalue weighted by atomic mass is 16.3. The van der Waals surface area contributed by atoms with Crippen molar-refractivity contribution in [2.24, 2.45) is 5.73 Å². The van der Waals surface area contributed by atoms with E-state index in [1.165, 1.54) is 17.1 Å². The number of carbonyl (C=O) groups excluding carboxylic acids is 2. The van der Waals surface area contributed by atoms with E-state index >= 15 is 0 Å². The molecule has 0 radical (unpaired) electrons. The van der Waals surface area contributed by atoms with Crippen molar-refractivity contribution in [1.29, 1.82) is 0 Å². The van der Waals surface area contributed by atoms with E-state index in [0.717, 1.165) is 0 Å². The summed E-state index contributed by atoms with van der Waals surface area (Å²) in [6.07, 6.45) is 4.34. The first-order valence-corrected chi connectivity index (χ1v) is 7.14. The molecule has 9 nitrogen and oxygen atoms in total. The molecule has 0 spiro atoms. The molecule has 0 unspecified atom stereocenters. The number of aromatic nitrogens is 4. The van der Waals surface area contributed by atoms with Crippen LogP contribution in [0.25, 0.3) is 11.6 Å². The number of oxazole rings is 1. The Kier molecular flexibility index (Phi) is 4.06. The van der Waals surface area contributed by atoms with Crippen LogP contribution >= 0.6 is 0 Å². The average Bonchev–Trinajstić information content (AvgIpc) is 3.22. The zero-order chi connectivity index (χ0) is 17.1. The molecule has 0 aliphatic rings. The quantitative estimate of drug-likeness (QED) is 0.727. The zero-order valence-corrected chi connectivity index (χ0v) is 12.8. The van der Waals surface area contributed by atoms with Gasteiger partial charge in [0.05, 0.1) is 5.69 Å². The van der Waals surface area contributed by atoms with Crippen LogP contribution in [-0.4, -0.2) is 31.6 Å². The van der Waals surface area contributed by atoms with Crippen molar-refractivity contribution in [1.82, 2.24) is 19.7 Å². The van der Waals surface area contributed by atoms with Gasteiger partial charge >= 0.3 is 0 Å². The number of primary amides is 1. The third kappa shape index (κ3) is 3.00. The molecule has 3 N–H and O–H groups in total. The van der Waals surface area contributed by atoms with Crippen LogP contribution < -0.4 is 11.1 Å². The van der Waals surface area contributed by atoms with Crippen LogP contribution in [0.15, 0.2) is 41.3 Å². The Balaban J connectivity index is 1.82. The highest BCUT2D eigenvalue weighted by Crippen LogP contribution is 2.18.